The van der Waals surface area contributed by atoms with Crippen LogP contribution in [0.25, 0.3) is 0 Å². The predicted molar refractivity (Wildman–Crippen MR) is 133 cm³/mol. The molecule has 0 bridgehead atoms. The SMILES string of the molecule is CC(C)(C)c1ccc(S(=O)(=O)NCCN(c2cccc(C(F)(F)F)c2)S(=O)(=O)c2ccccc2)cc1. The highest BCUT2D eigenvalue weighted by Gasteiger charge is 2.32. The summed E-state index contributed by atoms with van der Waals surface area (Å²) in [6, 6.07) is 17.4. The molecule has 0 saturated heterocycles. The second kappa shape index (κ2) is 10.2. The third kappa shape index (κ3) is 6.45. The summed E-state index contributed by atoms with van der Waals surface area (Å²) in [5, 5.41) is 0. The van der Waals surface area contributed by atoms with Crippen molar-refractivity contribution in [1.82, 2.24) is 4.72 Å². The van der Waals surface area contributed by atoms with E-state index in [0.717, 1.165) is 28.1 Å². The Morgan fingerprint density at radius 3 is 1.92 bits per heavy atom. The lowest BCUT2D eigenvalue weighted by Crippen LogP contribution is -2.38. The summed E-state index contributed by atoms with van der Waals surface area (Å²) in [6.45, 7) is 5.17. The van der Waals surface area contributed by atoms with Gasteiger partial charge in [-0.15, -0.1) is 0 Å². The van der Waals surface area contributed by atoms with Gasteiger partial charge in [-0.1, -0.05) is 57.2 Å². The molecule has 3 aromatic carbocycles. The fourth-order valence-corrected chi connectivity index (χ4v) is 5.94. The number of nitrogens with one attached hydrogen (secondary N) is 1. The number of alkyl halides is 3. The van der Waals surface area contributed by atoms with E-state index in [2.05, 4.69) is 4.72 Å². The maximum absolute atomic E-state index is 13.3. The van der Waals surface area contributed by atoms with Crippen LogP contribution in [-0.2, 0) is 31.6 Å². The van der Waals surface area contributed by atoms with Crippen molar-refractivity contribution in [2.45, 2.75) is 42.2 Å². The van der Waals surface area contributed by atoms with Crippen molar-refractivity contribution in [1.29, 1.82) is 0 Å². The van der Waals surface area contributed by atoms with E-state index in [-0.39, 0.29) is 27.4 Å². The van der Waals surface area contributed by atoms with Gasteiger partial charge in [0, 0.05) is 13.1 Å². The van der Waals surface area contributed by atoms with Crippen LogP contribution in [0.3, 0.4) is 0 Å². The van der Waals surface area contributed by atoms with Crippen molar-refractivity contribution in [3.8, 4) is 0 Å². The van der Waals surface area contributed by atoms with Gasteiger partial charge in [-0.3, -0.25) is 4.31 Å². The van der Waals surface area contributed by atoms with Crippen molar-refractivity contribution < 1.29 is 30.0 Å². The van der Waals surface area contributed by atoms with Gasteiger partial charge in [0.05, 0.1) is 21.0 Å². The Hall–Kier alpha value is -2.89. The molecule has 0 amide bonds. The highest BCUT2D eigenvalue weighted by molar-refractivity contribution is 7.92. The van der Waals surface area contributed by atoms with Gasteiger partial charge in [0.1, 0.15) is 0 Å². The van der Waals surface area contributed by atoms with Crippen LogP contribution in [0.4, 0.5) is 18.9 Å². The number of anilines is 1. The van der Waals surface area contributed by atoms with E-state index in [9.17, 15) is 30.0 Å². The third-order valence-electron chi connectivity index (χ3n) is 5.43. The number of hydrogen-bond donors (Lipinski definition) is 1. The van der Waals surface area contributed by atoms with Crippen LogP contribution in [0.15, 0.2) is 88.7 Å². The van der Waals surface area contributed by atoms with Gasteiger partial charge < -0.3 is 0 Å². The summed E-state index contributed by atoms with van der Waals surface area (Å²) < 4.78 is 95.2. The number of hydrogen-bond acceptors (Lipinski definition) is 4. The predicted octanol–water partition coefficient (Wildman–Crippen LogP) is 5.18. The largest absolute Gasteiger partial charge is 0.416 e. The van der Waals surface area contributed by atoms with Crippen molar-refractivity contribution in [3.05, 3.63) is 90.0 Å². The summed E-state index contributed by atoms with van der Waals surface area (Å²) in [7, 11) is -8.28. The van der Waals surface area contributed by atoms with Crippen LogP contribution in [0.5, 0.6) is 0 Å². The average Bonchev–Trinajstić information content (AvgIpc) is 2.81. The smallest absolute Gasteiger partial charge is 0.265 e. The zero-order valence-corrected chi connectivity index (χ0v) is 21.6. The zero-order valence-electron chi connectivity index (χ0n) is 20.0. The average molecular weight is 541 g/mol. The van der Waals surface area contributed by atoms with Gasteiger partial charge in [-0.05, 0) is 53.4 Å². The number of halogens is 3. The summed E-state index contributed by atoms with van der Waals surface area (Å²) in [4.78, 5) is -0.143. The molecule has 194 valence electrons. The lowest BCUT2D eigenvalue weighted by molar-refractivity contribution is -0.137. The molecule has 0 aromatic heterocycles. The normalized spacial score (nSPS) is 12.9. The summed E-state index contributed by atoms with van der Waals surface area (Å²) in [6.07, 6.45) is -4.68. The van der Waals surface area contributed by atoms with Gasteiger partial charge in [-0.2, -0.15) is 13.2 Å². The molecule has 11 heteroatoms. The Morgan fingerprint density at radius 2 is 1.36 bits per heavy atom. The molecule has 0 fully saturated rings. The van der Waals surface area contributed by atoms with E-state index in [4.69, 9.17) is 0 Å². The Bertz CT molecular complexity index is 1400. The lowest BCUT2D eigenvalue weighted by atomic mass is 9.87. The quantitative estimate of drug-likeness (QED) is 0.427. The molecule has 36 heavy (non-hydrogen) atoms. The van der Waals surface area contributed by atoms with Crippen LogP contribution in [0.2, 0.25) is 0 Å². The first-order valence-corrected chi connectivity index (χ1v) is 13.9. The van der Waals surface area contributed by atoms with Crippen LogP contribution >= 0.6 is 0 Å². The molecular weight excluding hydrogens is 513 g/mol. The topological polar surface area (TPSA) is 83.6 Å². The second-order valence-electron chi connectivity index (χ2n) is 9.11. The van der Waals surface area contributed by atoms with Gasteiger partial charge >= 0.3 is 6.18 Å². The molecule has 0 heterocycles. The minimum atomic E-state index is -4.68. The molecule has 3 rings (SSSR count). The van der Waals surface area contributed by atoms with Crippen molar-refractivity contribution in [2.24, 2.45) is 0 Å². The molecular formula is C25H27F3N2O4S2. The maximum atomic E-state index is 13.3. The minimum absolute atomic E-state index is 0.00737. The third-order valence-corrected chi connectivity index (χ3v) is 8.75. The monoisotopic (exact) mass is 540 g/mol. The first-order valence-electron chi connectivity index (χ1n) is 11.0. The summed E-state index contributed by atoms with van der Waals surface area (Å²) in [5.41, 5.74) is -0.492. The molecule has 0 aliphatic rings. The molecule has 6 nitrogen and oxygen atoms in total. The van der Waals surface area contributed by atoms with E-state index in [0.29, 0.717) is 0 Å². The minimum Gasteiger partial charge on any atom is -0.265 e. The summed E-state index contributed by atoms with van der Waals surface area (Å²) in [5.74, 6) is 0. The number of benzene rings is 3. The van der Waals surface area contributed by atoms with Crippen LogP contribution in [0.1, 0.15) is 31.9 Å². The van der Waals surface area contributed by atoms with Crippen molar-refractivity contribution in [2.75, 3.05) is 17.4 Å². The van der Waals surface area contributed by atoms with E-state index < -0.39 is 38.3 Å². The Morgan fingerprint density at radius 1 is 0.750 bits per heavy atom. The standard InChI is InChI=1S/C25H27F3N2O4S2/c1-24(2,3)19-12-14-22(15-13-19)35(31,32)29-16-17-30(36(33,34)23-10-5-4-6-11-23)21-9-7-8-20(18-21)25(26,27)28/h4-15,18,29H,16-17H2,1-3H3. The molecule has 0 atom stereocenters. The van der Waals surface area contributed by atoms with Crippen LogP contribution in [-0.4, -0.2) is 29.9 Å². The van der Waals surface area contributed by atoms with Crippen LogP contribution in [0, 0.1) is 0 Å². The molecule has 0 aliphatic heterocycles. The highest BCUT2D eigenvalue weighted by Crippen LogP contribution is 2.33. The van der Waals surface area contributed by atoms with Gasteiger partial charge in [0.15, 0.2) is 0 Å². The van der Waals surface area contributed by atoms with E-state index in [1.165, 1.54) is 42.5 Å². The van der Waals surface area contributed by atoms with Crippen molar-refractivity contribution in [3.63, 3.8) is 0 Å². The first kappa shape index (κ1) is 27.7. The van der Waals surface area contributed by atoms with E-state index in [1.807, 2.05) is 20.8 Å². The van der Waals surface area contributed by atoms with Gasteiger partial charge in [0.2, 0.25) is 10.0 Å². The molecule has 0 radical (unpaired) electrons. The number of nitrogens with zero attached hydrogens (tertiary/aromatic N) is 1. The Labute approximate surface area is 209 Å². The van der Waals surface area contributed by atoms with Gasteiger partial charge in [0.25, 0.3) is 10.0 Å². The molecule has 0 spiro atoms. The maximum Gasteiger partial charge on any atom is 0.416 e. The fourth-order valence-electron chi connectivity index (χ4n) is 3.44. The molecule has 0 unspecified atom stereocenters. The molecule has 0 aliphatic carbocycles. The van der Waals surface area contributed by atoms with E-state index in [1.54, 1.807) is 18.2 Å². The Balaban J connectivity index is 1.89. The van der Waals surface area contributed by atoms with E-state index >= 15 is 0 Å². The fraction of sp³-hybridized carbons (Fsp3) is 0.280. The molecule has 0 saturated carbocycles. The second-order valence-corrected chi connectivity index (χ2v) is 12.7. The zero-order chi connectivity index (χ0) is 26.8. The number of rotatable bonds is 8. The highest BCUT2D eigenvalue weighted by atomic mass is 32.2. The van der Waals surface area contributed by atoms with Gasteiger partial charge in [-0.25, -0.2) is 21.6 Å². The van der Waals surface area contributed by atoms with Crippen molar-refractivity contribution >= 4 is 25.7 Å². The lowest BCUT2D eigenvalue weighted by Gasteiger charge is -2.25. The first-order chi connectivity index (χ1) is 16.6. The van der Waals surface area contributed by atoms with Crippen LogP contribution < -0.4 is 9.03 Å². The Kier molecular flexibility index (Phi) is 7.87. The molecule has 3 aromatic rings. The summed E-state index contributed by atoms with van der Waals surface area (Å²) >= 11 is 0. The molecule has 1 N–H and O–H groups in total. The number of sulfonamides is 2.